The number of ether oxygens (including phenoxy) is 1. The zero-order valence-corrected chi connectivity index (χ0v) is 11.5. The van der Waals surface area contributed by atoms with Gasteiger partial charge in [-0.3, -0.25) is 4.79 Å². The molecular formula is C11H13BrClNO2. The number of rotatable bonds is 4. The first-order valence-electron chi connectivity index (χ1n) is 4.77. The summed E-state index contributed by atoms with van der Waals surface area (Å²) in [5.74, 6) is -0.0222. The summed E-state index contributed by atoms with van der Waals surface area (Å²) in [5.41, 5.74) is 0.700. The Morgan fingerprint density at radius 1 is 1.56 bits per heavy atom. The molecule has 0 atom stereocenters. The molecule has 16 heavy (non-hydrogen) atoms. The van der Waals surface area contributed by atoms with Crippen LogP contribution in [0.2, 0.25) is 5.02 Å². The molecule has 0 fully saturated rings. The van der Waals surface area contributed by atoms with Gasteiger partial charge < -0.3 is 9.64 Å². The summed E-state index contributed by atoms with van der Waals surface area (Å²) in [6, 6.07) is 5.41. The van der Waals surface area contributed by atoms with E-state index in [4.69, 9.17) is 16.3 Å². The fraction of sp³-hybridized carbons (Fsp3) is 0.364. The van der Waals surface area contributed by atoms with Crippen molar-refractivity contribution in [2.24, 2.45) is 0 Å². The molecule has 1 amide bonds. The number of benzene rings is 1. The van der Waals surface area contributed by atoms with Crippen molar-refractivity contribution >= 4 is 39.1 Å². The van der Waals surface area contributed by atoms with Gasteiger partial charge in [0.1, 0.15) is 0 Å². The fourth-order valence-electron chi connectivity index (χ4n) is 1.24. The molecule has 0 spiro atoms. The Labute approximate surface area is 108 Å². The number of hydrogen-bond acceptors (Lipinski definition) is 2. The largest absolute Gasteiger partial charge is 0.384 e. The number of amides is 1. The molecule has 0 heterocycles. The van der Waals surface area contributed by atoms with E-state index in [-0.39, 0.29) is 5.91 Å². The third kappa shape index (κ3) is 3.47. The van der Waals surface area contributed by atoms with Crippen LogP contribution < -0.4 is 4.90 Å². The van der Waals surface area contributed by atoms with Gasteiger partial charge in [-0.2, -0.15) is 0 Å². The first-order chi connectivity index (χ1) is 7.56. The highest BCUT2D eigenvalue weighted by Gasteiger charge is 2.13. The second-order valence-corrected chi connectivity index (χ2v) is 4.61. The van der Waals surface area contributed by atoms with E-state index < -0.39 is 0 Å². The highest BCUT2D eigenvalue weighted by molar-refractivity contribution is 9.10. The summed E-state index contributed by atoms with van der Waals surface area (Å²) >= 11 is 9.36. The molecule has 1 aromatic carbocycles. The molecule has 88 valence electrons. The van der Waals surface area contributed by atoms with Crippen molar-refractivity contribution in [2.75, 3.05) is 25.7 Å². The van der Waals surface area contributed by atoms with Crippen LogP contribution in [0.3, 0.4) is 0 Å². The molecule has 1 aromatic rings. The van der Waals surface area contributed by atoms with E-state index in [0.717, 1.165) is 4.47 Å². The number of anilines is 1. The minimum atomic E-state index is -0.0222. The summed E-state index contributed by atoms with van der Waals surface area (Å²) in [4.78, 5) is 13.3. The second kappa shape index (κ2) is 6.23. The minimum absolute atomic E-state index is 0.0222. The molecule has 0 saturated heterocycles. The van der Waals surface area contributed by atoms with Crippen LogP contribution >= 0.6 is 27.5 Å². The van der Waals surface area contributed by atoms with Crippen molar-refractivity contribution in [3.63, 3.8) is 0 Å². The number of methoxy groups -OCH3 is 1. The lowest BCUT2D eigenvalue weighted by Gasteiger charge is -2.18. The lowest BCUT2D eigenvalue weighted by Crippen LogP contribution is -2.27. The van der Waals surface area contributed by atoms with Crippen LogP contribution in [0.5, 0.6) is 0 Å². The normalized spacial score (nSPS) is 10.2. The van der Waals surface area contributed by atoms with Crippen LogP contribution in [0, 0.1) is 0 Å². The van der Waals surface area contributed by atoms with Crippen LogP contribution in [0.1, 0.15) is 6.42 Å². The molecule has 3 nitrogen and oxygen atoms in total. The first kappa shape index (κ1) is 13.5. The van der Waals surface area contributed by atoms with E-state index >= 15 is 0 Å². The van der Waals surface area contributed by atoms with Gasteiger partial charge >= 0.3 is 0 Å². The molecule has 0 aliphatic rings. The van der Waals surface area contributed by atoms with Crippen molar-refractivity contribution < 1.29 is 9.53 Å². The molecule has 0 saturated carbocycles. The summed E-state index contributed by atoms with van der Waals surface area (Å²) in [7, 11) is 3.27. The Balaban J connectivity index is 2.79. The Bertz CT molecular complexity index is 384. The molecule has 0 radical (unpaired) electrons. The summed E-state index contributed by atoms with van der Waals surface area (Å²) in [5, 5.41) is 0.544. The standard InChI is InChI=1S/C11H13BrClNO2/c1-14(11(15)5-6-16-2)10-4-3-8(12)7-9(10)13/h3-4,7H,5-6H2,1-2H3. The van der Waals surface area contributed by atoms with Crippen LogP contribution in [0.25, 0.3) is 0 Å². The van der Waals surface area contributed by atoms with Crippen LogP contribution in [0.15, 0.2) is 22.7 Å². The van der Waals surface area contributed by atoms with Gasteiger partial charge in [0.2, 0.25) is 5.91 Å². The average Bonchev–Trinajstić information content (AvgIpc) is 2.25. The van der Waals surface area contributed by atoms with Crippen molar-refractivity contribution in [3.8, 4) is 0 Å². The molecule has 0 aliphatic heterocycles. The summed E-state index contributed by atoms with van der Waals surface area (Å²) in [6.07, 6.45) is 0.347. The van der Waals surface area contributed by atoms with Gasteiger partial charge in [0.25, 0.3) is 0 Å². The topological polar surface area (TPSA) is 29.5 Å². The highest BCUT2D eigenvalue weighted by atomic mass is 79.9. The van der Waals surface area contributed by atoms with Crippen molar-refractivity contribution in [2.45, 2.75) is 6.42 Å². The molecule has 0 bridgehead atoms. The molecule has 0 aromatic heterocycles. The van der Waals surface area contributed by atoms with Gasteiger partial charge in [-0.15, -0.1) is 0 Å². The average molecular weight is 307 g/mol. The van der Waals surface area contributed by atoms with Crippen LogP contribution in [0.4, 0.5) is 5.69 Å². The predicted octanol–water partition coefficient (Wildman–Crippen LogP) is 3.10. The molecule has 0 aliphatic carbocycles. The summed E-state index contributed by atoms with van der Waals surface area (Å²) < 4.78 is 5.75. The second-order valence-electron chi connectivity index (χ2n) is 3.29. The highest BCUT2D eigenvalue weighted by Crippen LogP contribution is 2.28. The van der Waals surface area contributed by atoms with Crippen molar-refractivity contribution in [1.29, 1.82) is 0 Å². The smallest absolute Gasteiger partial charge is 0.229 e. The zero-order valence-electron chi connectivity index (χ0n) is 9.17. The monoisotopic (exact) mass is 305 g/mol. The quantitative estimate of drug-likeness (QED) is 0.855. The van der Waals surface area contributed by atoms with Crippen molar-refractivity contribution in [1.82, 2.24) is 0 Å². The Morgan fingerprint density at radius 2 is 2.25 bits per heavy atom. The molecular weight excluding hydrogens is 293 g/mol. The third-order valence-electron chi connectivity index (χ3n) is 2.17. The molecule has 0 unspecified atom stereocenters. The first-order valence-corrected chi connectivity index (χ1v) is 5.94. The molecule has 1 rings (SSSR count). The van der Waals surface area contributed by atoms with E-state index in [1.807, 2.05) is 6.07 Å². The Hall–Kier alpha value is -0.580. The predicted molar refractivity (Wildman–Crippen MR) is 69.1 cm³/mol. The van der Waals surface area contributed by atoms with E-state index in [0.29, 0.717) is 23.7 Å². The number of halogens is 2. The lowest BCUT2D eigenvalue weighted by molar-refractivity contribution is -0.119. The number of carbonyl (C=O) groups is 1. The van der Waals surface area contributed by atoms with E-state index in [2.05, 4.69) is 15.9 Å². The van der Waals surface area contributed by atoms with Crippen molar-refractivity contribution in [3.05, 3.63) is 27.7 Å². The van der Waals surface area contributed by atoms with Gasteiger partial charge in [0.15, 0.2) is 0 Å². The van der Waals surface area contributed by atoms with Gasteiger partial charge in [-0.25, -0.2) is 0 Å². The van der Waals surface area contributed by atoms with Gasteiger partial charge in [0, 0.05) is 18.6 Å². The lowest BCUT2D eigenvalue weighted by atomic mass is 10.3. The van der Waals surface area contributed by atoms with E-state index in [9.17, 15) is 4.79 Å². The van der Waals surface area contributed by atoms with E-state index in [1.54, 1.807) is 26.3 Å². The van der Waals surface area contributed by atoms with E-state index in [1.165, 1.54) is 4.90 Å². The molecule has 5 heteroatoms. The van der Waals surface area contributed by atoms with Gasteiger partial charge in [-0.1, -0.05) is 27.5 Å². The Morgan fingerprint density at radius 3 is 2.81 bits per heavy atom. The number of carbonyl (C=O) groups excluding carboxylic acids is 1. The van der Waals surface area contributed by atoms with Gasteiger partial charge in [-0.05, 0) is 18.2 Å². The maximum atomic E-state index is 11.7. The fourth-order valence-corrected chi connectivity index (χ4v) is 2.04. The SMILES string of the molecule is COCCC(=O)N(C)c1ccc(Br)cc1Cl. The van der Waals surface area contributed by atoms with Gasteiger partial charge in [0.05, 0.1) is 23.7 Å². The Kier molecular flexibility index (Phi) is 5.25. The zero-order chi connectivity index (χ0) is 12.1. The number of hydrogen-bond donors (Lipinski definition) is 0. The third-order valence-corrected chi connectivity index (χ3v) is 2.96. The number of nitrogens with zero attached hydrogens (tertiary/aromatic N) is 1. The van der Waals surface area contributed by atoms with Crippen LogP contribution in [-0.4, -0.2) is 26.7 Å². The maximum Gasteiger partial charge on any atom is 0.229 e. The molecule has 0 N–H and O–H groups in total. The summed E-state index contributed by atoms with van der Waals surface area (Å²) in [6.45, 7) is 0.414. The minimum Gasteiger partial charge on any atom is -0.384 e. The van der Waals surface area contributed by atoms with Crippen LogP contribution in [-0.2, 0) is 9.53 Å². The maximum absolute atomic E-state index is 11.7.